The minimum absolute atomic E-state index is 0.0890. The second kappa shape index (κ2) is 8.29. The van der Waals surface area contributed by atoms with Gasteiger partial charge in [0.15, 0.2) is 5.82 Å². The molecule has 6 heteroatoms. The predicted octanol–water partition coefficient (Wildman–Crippen LogP) is 6.30. The van der Waals surface area contributed by atoms with Gasteiger partial charge >= 0.3 is 0 Å². The van der Waals surface area contributed by atoms with Crippen molar-refractivity contribution in [1.29, 1.82) is 0 Å². The van der Waals surface area contributed by atoms with Crippen molar-refractivity contribution in [2.75, 3.05) is 5.32 Å². The topological polar surface area (TPSA) is 59.8 Å². The number of nitrogens with one attached hydrogen (secondary N) is 1. The first-order valence-electron chi connectivity index (χ1n) is 10.2. The van der Waals surface area contributed by atoms with Gasteiger partial charge in [-0.2, -0.15) is 0 Å². The molecule has 1 aromatic heterocycles. The van der Waals surface area contributed by atoms with Gasteiger partial charge in [0, 0.05) is 21.7 Å². The van der Waals surface area contributed by atoms with Crippen molar-refractivity contribution in [3.63, 3.8) is 0 Å². The molecule has 32 heavy (non-hydrogen) atoms. The molecule has 1 N–H and O–H groups in total. The van der Waals surface area contributed by atoms with Crippen molar-refractivity contribution >= 4 is 34.0 Å². The molecular formula is C26H19ClN4O. The summed E-state index contributed by atoms with van der Waals surface area (Å²) in [4.78, 5) is 17.8. The lowest BCUT2D eigenvalue weighted by Gasteiger charge is -2.08. The first-order chi connectivity index (χ1) is 15.6. The highest BCUT2D eigenvalue weighted by Gasteiger charge is 2.20. The lowest BCUT2D eigenvalue weighted by Crippen LogP contribution is -2.14. The molecule has 1 amide bonds. The highest BCUT2D eigenvalue weighted by molar-refractivity contribution is 6.30. The van der Waals surface area contributed by atoms with Crippen LogP contribution in [0.25, 0.3) is 27.8 Å². The number of fused-ring (bicyclic) bond motifs is 1. The van der Waals surface area contributed by atoms with Crippen LogP contribution in [-0.4, -0.2) is 20.7 Å². The van der Waals surface area contributed by atoms with E-state index in [1.807, 2.05) is 85.8 Å². The quantitative estimate of drug-likeness (QED) is 0.358. The van der Waals surface area contributed by atoms with E-state index in [1.54, 1.807) is 16.8 Å². The number of amides is 1. The number of aryl methyl sites for hydroxylation is 1. The molecule has 0 spiro atoms. The third-order valence-corrected chi connectivity index (χ3v) is 5.55. The van der Waals surface area contributed by atoms with Crippen LogP contribution in [-0.2, 0) is 0 Å². The number of hydrogen-bond donors (Lipinski definition) is 1. The first kappa shape index (κ1) is 20.0. The Morgan fingerprint density at radius 2 is 1.59 bits per heavy atom. The van der Waals surface area contributed by atoms with Gasteiger partial charge in [-0.05, 0) is 54.3 Å². The summed E-state index contributed by atoms with van der Waals surface area (Å²) in [5.41, 5.74) is 3.41. The summed E-state index contributed by atoms with van der Waals surface area (Å²) >= 11 is 6.07. The number of halogens is 1. The van der Waals surface area contributed by atoms with Crippen LogP contribution in [0.5, 0.6) is 0 Å². The molecule has 0 fully saturated rings. The summed E-state index contributed by atoms with van der Waals surface area (Å²) in [5.74, 6) is 0.286. The molecular weight excluding hydrogens is 420 g/mol. The Morgan fingerprint density at radius 3 is 2.41 bits per heavy atom. The Labute approximate surface area is 190 Å². The molecule has 5 rings (SSSR count). The van der Waals surface area contributed by atoms with Crippen molar-refractivity contribution in [1.82, 2.24) is 14.8 Å². The van der Waals surface area contributed by atoms with Crippen LogP contribution < -0.4 is 5.32 Å². The number of para-hydroxylation sites is 1. The van der Waals surface area contributed by atoms with E-state index in [0.717, 1.165) is 27.6 Å². The maximum Gasteiger partial charge on any atom is 0.295 e. The molecule has 0 saturated heterocycles. The summed E-state index contributed by atoms with van der Waals surface area (Å²) in [5, 5.41) is 10.2. The number of rotatable bonds is 4. The zero-order valence-electron chi connectivity index (χ0n) is 17.3. The Balaban J connectivity index is 1.58. The maximum absolute atomic E-state index is 13.2. The molecule has 0 radical (unpaired) electrons. The van der Waals surface area contributed by atoms with Gasteiger partial charge < -0.3 is 5.32 Å². The Morgan fingerprint density at radius 1 is 0.875 bits per heavy atom. The molecule has 5 aromatic rings. The van der Waals surface area contributed by atoms with E-state index in [0.29, 0.717) is 16.5 Å². The van der Waals surface area contributed by atoms with Crippen molar-refractivity contribution in [2.24, 2.45) is 0 Å². The van der Waals surface area contributed by atoms with E-state index in [2.05, 4.69) is 15.4 Å². The van der Waals surface area contributed by atoms with Crippen LogP contribution in [0.3, 0.4) is 0 Å². The van der Waals surface area contributed by atoms with Gasteiger partial charge in [0.05, 0.1) is 5.69 Å². The minimum Gasteiger partial charge on any atom is -0.319 e. The fourth-order valence-corrected chi connectivity index (χ4v) is 3.80. The van der Waals surface area contributed by atoms with Gasteiger partial charge in [0.25, 0.3) is 5.91 Å². The normalized spacial score (nSPS) is 10.9. The van der Waals surface area contributed by atoms with Crippen LogP contribution in [0.1, 0.15) is 16.2 Å². The summed E-state index contributed by atoms with van der Waals surface area (Å²) < 4.78 is 1.70. The largest absolute Gasteiger partial charge is 0.319 e. The summed E-state index contributed by atoms with van der Waals surface area (Å²) in [6.07, 6.45) is 0. The SMILES string of the molecule is Cc1ccccc1-n1nc(C(=O)Nc2cccc3ccccc23)nc1-c1ccc(Cl)cc1. The summed E-state index contributed by atoms with van der Waals surface area (Å²) in [6.45, 7) is 2.00. The van der Waals surface area contributed by atoms with E-state index in [-0.39, 0.29) is 11.7 Å². The average molecular weight is 439 g/mol. The fourth-order valence-electron chi connectivity index (χ4n) is 3.68. The second-order valence-electron chi connectivity index (χ2n) is 7.45. The highest BCUT2D eigenvalue weighted by atomic mass is 35.5. The van der Waals surface area contributed by atoms with Gasteiger partial charge in [-0.3, -0.25) is 4.79 Å². The molecule has 156 valence electrons. The highest BCUT2D eigenvalue weighted by Crippen LogP contribution is 2.26. The van der Waals surface area contributed by atoms with Gasteiger partial charge in [-0.25, -0.2) is 9.67 Å². The number of carbonyl (C=O) groups excluding carboxylic acids is 1. The molecule has 0 unspecified atom stereocenters. The minimum atomic E-state index is -0.371. The van der Waals surface area contributed by atoms with E-state index >= 15 is 0 Å². The van der Waals surface area contributed by atoms with Gasteiger partial charge in [-0.15, -0.1) is 5.10 Å². The first-order valence-corrected chi connectivity index (χ1v) is 10.6. The third kappa shape index (κ3) is 3.74. The number of hydrogen-bond acceptors (Lipinski definition) is 3. The zero-order chi connectivity index (χ0) is 22.1. The monoisotopic (exact) mass is 438 g/mol. The molecule has 0 atom stereocenters. The molecule has 4 aromatic carbocycles. The molecule has 0 bridgehead atoms. The number of anilines is 1. The predicted molar refractivity (Wildman–Crippen MR) is 128 cm³/mol. The van der Waals surface area contributed by atoms with Crippen molar-refractivity contribution in [3.8, 4) is 17.1 Å². The number of nitrogens with zero attached hydrogens (tertiary/aromatic N) is 3. The van der Waals surface area contributed by atoms with Crippen LogP contribution in [0, 0.1) is 6.92 Å². The smallest absolute Gasteiger partial charge is 0.295 e. The Kier molecular flexibility index (Phi) is 5.17. The van der Waals surface area contributed by atoms with Crippen molar-refractivity contribution in [3.05, 3.63) is 107 Å². The molecule has 0 aliphatic carbocycles. The lowest BCUT2D eigenvalue weighted by atomic mass is 10.1. The van der Waals surface area contributed by atoms with Gasteiger partial charge in [0.1, 0.15) is 0 Å². The zero-order valence-corrected chi connectivity index (χ0v) is 18.0. The van der Waals surface area contributed by atoms with Crippen molar-refractivity contribution < 1.29 is 4.79 Å². The van der Waals surface area contributed by atoms with Crippen molar-refractivity contribution in [2.45, 2.75) is 6.92 Å². The average Bonchev–Trinajstić information content (AvgIpc) is 3.25. The second-order valence-corrected chi connectivity index (χ2v) is 7.88. The molecule has 0 aliphatic rings. The van der Waals surface area contributed by atoms with Crippen LogP contribution in [0.4, 0.5) is 5.69 Å². The van der Waals surface area contributed by atoms with E-state index in [4.69, 9.17) is 11.6 Å². The standard InChI is InChI=1S/C26H19ClN4O/c1-17-7-2-5-12-23(17)31-25(19-13-15-20(27)16-14-19)29-24(30-31)26(32)28-22-11-6-9-18-8-3-4-10-21(18)22/h2-16H,1H3,(H,28,32). The summed E-state index contributed by atoms with van der Waals surface area (Å²) in [6, 6.07) is 28.9. The molecule has 0 saturated carbocycles. The van der Waals surface area contributed by atoms with E-state index < -0.39 is 0 Å². The third-order valence-electron chi connectivity index (χ3n) is 5.29. The van der Waals surface area contributed by atoms with Gasteiger partial charge in [0.2, 0.25) is 5.82 Å². The fraction of sp³-hybridized carbons (Fsp3) is 0.0385. The molecule has 0 aliphatic heterocycles. The molecule has 5 nitrogen and oxygen atoms in total. The summed E-state index contributed by atoms with van der Waals surface area (Å²) in [7, 11) is 0. The van der Waals surface area contributed by atoms with E-state index in [9.17, 15) is 4.79 Å². The van der Waals surface area contributed by atoms with Gasteiger partial charge in [-0.1, -0.05) is 66.2 Å². The Hall–Kier alpha value is -3.96. The molecule has 1 heterocycles. The van der Waals surface area contributed by atoms with Crippen LogP contribution in [0.15, 0.2) is 91.0 Å². The number of carbonyl (C=O) groups is 1. The Bertz CT molecular complexity index is 1430. The number of aromatic nitrogens is 3. The lowest BCUT2D eigenvalue weighted by molar-refractivity contribution is 0.101. The maximum atomic E-state index is 13.2. The van der Waals surface area contributed by atoms with E-state index in [1.165, 1.54) is 0 Å². The number of benzene rings is 4. The van der Waals surface area contributed by atoms with Crippen LogP contribution in [0.2, 0.25) is 5.02 Å². The van der Waals surface area contributed by atoms with Crippen LogP contribution >= 0.6 is 11.6 Å².